The molecule has 0 aliphatic heterocycles. The number of rotatable bonds is 4. The third-order valence-corrected chi connectivity index (χ3v) is 4.57. The van der Waals surface area contributed by atoms with E-state index in [4.69, 9.17) is 4.74 Å². The summed E-state index contributed by atoms with van der Waals surface area (Å²) in [5.41, 5.74) is 4.81. The molecule has 1 saturated carbocycles. The predicted octanol–water partition coefficient (Wildman–Crippen LogP) is 3.40. The fourth-order valence-electron chi connectivity index (χ4n) is 3.18. The molecule has 112 valence electrons. The molecule has 2 aromatic rings. The van der Waals surface area contributed by atoms with Crippen LogP contribution in [0.4, 0.5) is 5.69 Å². The van der Waals surface area contributed by atoms with E-state index in [1.807, 2.05) is 23.9 Å². The molecule has 0 unspecified atom stereocenters. The minimum atomic E-state index is 0.529. The molecule has 0 radical (unpaired) electrons. The molecule has 1 fully saturated rings. The Morgan fingerprint density at radius 2 is 1.95 bits per heavy atom. The summed E-state index contributed by atoms with van der Waals surface area (Å²) in [4.78, 5) is 0. The molecule has 3 rings (SSSR count). The number of para-hydroxylation sites is 1. The van der Waals surface area contributed by atoms with Gasteiger partial charge in [-0.05, 0) is 44.2 Å². The molecule has 0 atom stereocenters. The molecule has 1 heterocycles. The van der Waals surface area contributed by atoms with E-state index in [0.29, 0.717) is 12.0 Å². The summed E-state index contributed by atoms with van der Waals surface area (Å²) in [6, 6.07) is 8.88. The van der Waals surface area contributed by atoms with Crippen LogP contribution in [0.3, 0.4) is 0 Å². The summed E-state index contributed by atoms with van der Waals surface area (Å²) in [6.07, 6.45) is 2.29. The molecule has 1 aromatic heterocycles. The van der Waals surface area contributed by atoms with Crippen molar-refractivity contribution in [3.63, 3.8) is 0 Å². The van der Waals surface area contributed by atoms with Gasteiger partial charge in [0.2, 0.25) is 0 Å². The molecular weight excluding hydrogens is 262 g/mol. The summed E-state index contributed by atoms with van der Waals surface area (Å²) >= 11 is 0. The summed E-state index contributed by atoms with van der Waals surface area (Å²) in [6.45, 7) is 4.17. The molecule has 1 aromatic carbocycles. The van der Waals surface area contributed by atoms with Crippen molar-refractivity contribution < 1.29 is 4.74 Å². The minimum Gasteiger partial charge on any atom is -0.496 e. The number of anilines is 1. The number of benzene rings is 1. The van der Waals surface area contributed by atoms with Crippen molar-refractivity contribution in [3.8, 4) is 5.75 Å². The second-order valence-corrected chi connectivity index (χ2v) is 5.92. The highest BCUT2D eigenvalue weighted by Crippen LogP contribution is 2.42. The fraction of sp³-hybridized carbons (Fsp3) is 0.471. The van der Waals surface area contributed by atoms with Gasteiger partial charge >= 0.3 is 0 Å². The summed E-state index contributed by atoms with van der Waals surface area (Å²) in [5, 5.41) is 8.11. The van der Waals surface area contributed by atoms with E-state index in [9.17, 15) is 0 Å². The van der Waals surface area contributed by atoms with Gasteiger partial charge in [0, 0.05) is 13.1 Å². The van der Waals surface area contributed by atoms with Gasteiger partial charge in [0.15, 0.2) is 0 Å². The zero-order chi connectivity index (χ0) is 15.0. The highest BCUT2D eigenvalue weighted by Gasteiger charge is 2.32. The van der Waals surface area contributed by atoms with Crippen LogP contribution in [-0.2, 0) is 7.05 Å². The second-order valence-electron chi connectivity index (χ2n) is 5.92. The first-order chi connectivity index (χ1) is 10.1. The number of methoxy groups -OCH3 is 1. The Morgan fingerprint density at radius 3 is 2.57 bits per heavy atom. The summed E-state index contributed by atoms with van der Waals surface area (Å²) < 4.78 is 7.40. The molecule has 1 aliphatic rings. The van der Waals surface area contributed by atoms with Crippen molar-refractivity contribution in [1.82, 2.24) is 9.78 Å². The van der Waals surface area contributed by atoms with Gasteiger partial charge in [-0.2, -0.15) is 5.10 Å². The van der Waals surface area contributed by atoms with Gasteiger partial charge in [-0.1, -0.05) is 18.2 Å². The Balaban J connectivity index is 1.66. The first kappa shape index (κ1) is 14.0. The van der Waals surface area contributed by atoms with E-state index in [-0.39, 0.29) is 0 Å². The summed E-state index contributed by atoms with van der Waals surface area (Å²) in [7, 11) is 3.74. The van der Waals surface area contributed by atoms with Crippen molar-refractivity contribution >= 4 is 5.69 Å². The average Bonchev–Trinajstić information content (AvgIpc) is 2.68. The Morgan fingerprint density at radius 1 is 1.24 bits per heavy atom. The lowest BCUT2D eigenvalue weighted by Gasteiger charge is -2.37. The molecule has 1 aliphatic carbocycles. The van der Waals surface area contributed by atoms with Crippen LogP contribution in [0.1, 0.15) is 35.7 Å². The Bertz CT molecular complexity index is 641. The van der Waals surface area contributed by atoms with Crippen LogP contribution in [0.5, 0.6) is 5.75 Å². The quantitative estimate of drug-likeness (QED) is 0.935. The van der Waals surface area contributed by atoms with Gasteiger partial charge in [0.1, 0.15) is 5.75 Å². The zero-order valence-electron chi connectivity index (χ0n) is 13.2. The predicted molar refractivity (Wildman–Crippen MR) is 85.1 cm³/mol. The topological polar surface area (TPSA) is 39.1 Å². The highest BCUT2D eigenvalue weighted by molar-refractivity contribution is 5.53. The van der Waals surface area contributed by atoms with E-state index in [1.165, 1.54) is 16.9 Å². The van der Waals surface area contributed by atoms with Gasteiger partial charge in [-0.3, -0.25) is 4.68 Å². The van der Waals surface area contributed by atoms with Gasteiger partial charge in [-0.25, -0.2) is 0 Å². The molecule has 4 heteroatoms. The van der Waals surface area contributed by atoms with Gasteiger partial charge in [-0.15, -0.1) is 0 Å². The normalized spacial score (nSPS) is 21.0. The molecule has 0 amide bonds. The number of hydrogen-bond acceptors (Lipinski definition) is 3. The van der Waals surface area contributed by atoms with E-state index < -0.39 is 0 Å². The molecular formula is C17H23N3O. The number of nitrogens with one attached hydrogen (secondary N) is 1. The van der Waals surface area contributed by atoms with Crippen molar-refractivity contribution in [2.75, 3.05) is 12.4 Å². The van der Waals surface area contributed by atoms with Gasteiger partial charge in [0.25, 0.3) is 0 Å². The Hall–Kier alpha value is -1.97. The van der Waals surface area contributed by atoms with Crippen LogP contribution in [0.25, 0.3) is 0 Å². The lowest BCUT2D eigenvalue weighted by molar-refractivity contribution is 0.349. The minimum absolute atomic E-state index is 0.529. The van der Waals surface area contributed by atoms with Crippen LogP contribution in [0, 0.1) is 13.8 Å². The number of hydrogen-bond donors (Lipinski definition) is 1. The maximum Gasteiger partial charge on any atom is 0.122 e. The largest absolute Gasteiger partial charge is 0.496 e. The SMILES string of the molecule is COc1ccccc1C1CC(Nc2c(C)nn(C)c2C)C1. The highest BCUT2D eigenvalue weighted by atomic mass is 16.5. The van der Waals surface area contributed by atoms with E-state index >= 15 is 0 Å². The first-order valence-corrected chi connectivity index (χ1v) is 7.49. The third kappa shape index (κ3) is 2.50. The second kappa shape index (κ2) is 5.43. The van der Waals surface area contributed by atoms with E-state index in [0.717, 1.165) is 24.3 Å². The summed E-state index contributed by atoms with van der Waals surface area (Å²) in [5.74, 6) is 1.60. The van der Waals surface area contributed by atoms with Crippen molar-refractivity contribution in [3.05, 3.63) is 41.2 Å². The van der Waals surface area contributed by atoms with Crippen LogP contribution >= 0.6 is 0 Å². The van der Waals surface area contributed by atoms with Crippen molar-refractivity contribution in [2.45, 2.75) is 38.6 Å². The maximum atomic E-state index is 5.46. The lowest BCUT2D eigenvalue weighted by Crippen LogP contribution is -2.34. The zero-order valence-corrected chi connectivity index (χ0v) is 13.2. The molecule has 0 saturated heterocycles. The Kier molecular flexibility index (Phi) is 3.62. The molecule has 1 N–H and O–H groups in total. The Labute approximate surface area is 126 Å². The van der Waals surface area contributed by atoms with Crippen molar-refractivity contribution in [1.29, 1.82) is 0 Å². The van der Waals surface area contributed by atoms with Crippen LogP contribution < -0.4 is 10.1 Å². The van der Waals surface area contributed by atoms with Crippen LogP contribution in [0.2, 0.25) is 0 Å². The number of aromatic nitrogens is 2. The lowest BCUT2D eigenvalue weighted by atomic mass is 9.75. The number of nitrogens with zero attached hydrogens (tertiary/aromatic N) is 2. The third-order valence-electron chi connectivity index (χ3n) is 4.57. The molecule has 0 spiro atoms. The smallest absolute Gasteiger partial charge is 0.122 e. The number of aryl methyl sites for hydroxylation is 2. The first-order valence-electron chi connectivity index (χ1n) is 7.49. The van der Waals surface area contributed by atoms with E-state index in [2.05, 4.69) is 36.4 Å². The van der Waals surface area contributed by atoms with Crippen LogP contribution in [0.15, 0.2) is 24.3 Å². The fourth-order valence-corrected chi connectivity index (χ4v) is 3.18. The number of ether oxygens (including phenoxy) is 1. The van der Waals surface area contributed by atoms with Crippen LogP contribution in [-0.4, -0.2) is 22.9 Å². The molecule has 21 heavy (non-hydrogen) atoms. The average molecular weight is 285 g/mol. The molecule has 4 nitrogen and oxygen atoms in total. The van der Waals surface area contributed by atoms with E-state index in [1.54, 1.807) is 7.11 Å². The van der Waals surface area contributed by atoms with Gasteiger partial charge in [0.05, 0.1) is 24.2 Å². The van der Waals surface area contributed by atoms with Gasteiger partial charge < -0.3 is 10.1 Å². The maximum absolute atomic E-state index is 5.46. The molecule has 0 bridgehead atoms. The standard InChI is InChI=1S/C17H23N3O/c1-11-17(12(2)20(3)19-11)18-14-9-13(10-14)15-7-5-6-8-16(15)21-4/h5-8,13-14,18H,9-10H2,1-4H3. The monoisotopic (exact) mass is 285 g/mol. The van der Waals surface area contributed by atoms with Crippen molar-refractivity contribution in [2.24, 2.45) is 7.05 Å².